The Labute approximate surface area is 107 Å². The molecule has 0 N–H and O–H groups in total. The van der Waals surface area contributed by atoms with E-state index in [-0.39, 0.29) is 5.41 Å². The topological polar surface area (TPSA) is 17.1 Å². The quantitative estimate of drug-likeness (QED) is 0.620. The van der Waals surface area contributed by atoms with Crippen LogP contribution in [0, 0.1) is 23.2 Å². The fraction of sp³-hybridized carbons (Fsp3) is 0.938. The standard InChI is InChI=1S/C16H30O/c1-6-7-8-13(10-14-9-12(14)2)15(17)11-16(3,4)5/h12-14H,6-11H2,1-5H3. The van der Waals surface area contributed by atoms with E-state index in [1.807, 2.05) is 0 Å². The Morgan fingerprint density at radius 3 is 2.35 bits per heavy atom. The molecule has 1 rings (SSSR count). The second kappa shape index (κ2) is 6.02. The second-order valence-electron chi connectivity index (χ2n) is 7.25. The summed E-state index contributed by atoms with van der Waals surface area (Å²) in [5.41, 5.74) is 0.150. The van der Waals surface area contributed by atoms with E-state index in [1.165, 1.54) is 19.3 Å². The van der Waals surface area contributed by atoms with Gasteiger partial charge in [-0.25, -0.2) is 0 Å². The average Bonchev–Trinajstić information content (AvgIpc) is 2.86. The van der Waals surface area contributed by atoms with E-state index in [1.54, 1.807) is 0 Å². The number of ketones is 1. The minimum Gasteiger partial charge on any atom is -0.299 e. The Balaban J connectivity index is 2.46. The molecular formula is C16H30O. The zero-order chi connectivity index (χ0) is 13.1. The van der Waals surface area contributed by atoms with Crippen LogP contribution in [0.2, 0.25) is 0 Å². The van der Waals surface area contributed by atoms with Gasteiger partial charge in [0.2, 0.25) is 0 Å². The van der Waals surface area contributed by atoms with E-state index >= 15 is 0 Å². The van der Waals surface area contributed by atoms with Gasteiger partial charge >= 0.3 is 0 Å². The molecule has 0 amide bonds. The number of hydrogen-bond donors (Lipinski definition) is 0. The van der Waals surface area contributed by atoms with E-state index in [2.05, 4.69) is 34.6 Å². The van der Waals surface area contributed by atoms with Crippen molar-refractivity contribution < 1.29 is 4.79 Å². The Morgan fingerprint density at radius 1 is 1.35 bits per heavy atom. The van der Waals surface area contributed by atoms with Gasteiger partial charge in [0.05, 0.1) is 0 Å². The molecule has 1 heteroatoms. The lowest BCUT2D eigenvalue weighted by Crippen LogP contribution is -2.21. The van der Waals surface area contributed by atoms with Gasteiger partial charge in [-0.3, -0.25) is 4.79 Å². The largest absolute Gasteiger partial charge is 0.299 e. The summed E-state index contributed by atoms with van der Waals surface area (Å²) in [6.45, 7) is 11.0. The number of Topliss-reactive ketones (excluding diaryl/α,β-unsaturated/α-hetero) is 1. The lowest BCUT2D eigenvalue weighted by atomic mass is 9.82. The molecule has 0 aliphatic heterocycles. The molecule has 17 heavy (non-hydrogen) atoms. The molecule has 1 aliphatic carbocycles. The van der Waals surface area contributed by atoms with Crippen molar-refractivity contribution in [2.45, 2.75) is 73.1 Å². The van der Waals surface area contributed by atoms with Crippen LogP contribution in [0.15, 0.2) is 0 Å². The predicted octanol–water partition coefficient (Wildman–Crippen LogP) is 4.84. The first kappa shape index (κ1) is 14.7. The number of hydrogen-bond acceptors (Lipinski definition) is 1. The first-order chi connectivity index (χ1) is 7.83. The van der Waals surface area contributed by atoms with E-state index in [4.69, 9.17) is 0 Å². The summed E-state index contributed by atoms with van der Waals surface area (Å²) in [7, 11) is 0. The third-order valence-corrected chi connectivity index (χ3v) is 3.93. The summed E-state index contributed by atoms with van der Waals surface area (Å²) < 4.78 is 0. The fourth-order valence-electron chi connectivity index (χ4n) is 2.62. The lowest BCUT2D eigenvalue weighted by molar-refractivity contribution is -0.125. The number of carbonyl (C=O) groups is 1. The van der Waals surface area contributed by atoms with Crippen LogP contribution in [0.25, 0.3) is 0 Å². The molecular weight excluding hydrogens is 208 g/mol. The Kier molecular flexibility index (Phi) is 5.22. The predicted molar refractivity (Wildman–Crippen MR) is 74.0 cm³/mol. The van der Waals surface area contributed by atoms with Crippen molar-refractivity contribution in [3.63, 3.8) is 0 Å². The molecule has 0 aromatic carbocycles. The molecule has 0 bridgehead atoms. The van der Waals surface area contributed by atoms with Crippen LogP contribution in [-0.4, -0.2) is 5.78 Å². The Hall–Kier alpha value is -0.330. The van der Waals surface area contributed by atoms with Crippen LogP contribution < -0.4 is 0 Å². The van der Waals surface area contributed by atoms with Gasteiger partial charge in [0, 0.05) is 12.3 Å². The first-order valence-corrected chi connectivity index (χ1v) is 7.36. The third-order valence-electron chi connectivity index (χ3n) is 3.93. The fourth-order valence-corrected chi connectivity index (χ4v) is 2.62. The van der Waals surface area contributed by atoms with Gasteiger partial charge < -0.3 is 0 Å². The molecule has 100 valence electrons. The monoisotopic (exact) mass is 238 g/mol. The summed E-state index contributed by atoms with van der Waals surface area (Å²) in [6.07, 6.45) is 6.81. The summed E-state index contributed by atoms with van der Waals surface area (Å²) in [5, 5.41) is 0. The molecule has 3 atom stereocenters. The van der Waals surface area contributed by atoms with Crippen molar-refractivity contribution in [1.82, 2.24) is 0 Å². The van der Waals surface area contributed by atoms with Crippen molar-refractivity contribution >= 4 is 5.78 Å². The maximum absolute atomic E-state index is 12.3. The highest BCUT2D eigenvalue weighted by atomic mass is 16.1. The van der Waals surface area contributed by atoms with Crippen LogP contribution in [-0.2, 0) is 4.79 Å². The second-order valence-corrected chi connectivity index (χ2v) is 7.25. The van der Waals surface area contributed by atoms with Gasteiger partial charge in [-0.15, -0.1) is 0 Å². The molecule has 1 nitrogen and oxygen atoms in total. The van der Waals surface area contributed by atoms with Crippen LogP contribution in [0.5, 0.6) is 0 Å². The summed E-state index contributed by atoms with van der Waals surface area (Å²) in [4.78, 5) is 12.3. The summed E-state index contributed by atoms with van der Waals surface area (Å²) >= 11 is 0. The molecule has 3 unspecified atom stereocenters. The van der Waals surface area contributed by atoms with Crippen LogP contribution in [0.1, 0.15) is 73.1 Å². The highest BCUT2D eigenvalue weighted by molar-refractivity contribution is 5.81. The smallest absolute Gasteiger partial charge is 0.136 e. The van der Waals surface area contributed by atoms with Crippen LogP contribution in [0.4, 0.5) is 0 Å². The Morgan fingerprint density at radius 2 is 1.94 bits per heavy atom. The van der Waals surface area contributed by atoms with Gasteiger partial charge in [0.1, 0.15) is 5.78 Å². The van der Waals surface area contributed by atoms with E-state index < -0.39 is 0 Å². The van der Waals surface area contributed by atoms with Gasteiger partial charge in [-0.1, -0.05) is 47.5 Å². The van der Waals surface area contributed by atoms with Gasteiger partial charge in [-0.2, -0.15) is 0 Å². The molecule has 0 spiro atoms. The van der Waals surface area contributed by atoms with Gasteiger partial charge in [-0.05, 0) is 36.5 Å². The highest BCUT2D eigenvalue weighted by Gasteiger charge is 2.36. The molecule has 0 aromatic heterocycles. The van der Waals surface area contributed by atoms with E-state index in [0.717, 1.165) is 31.1 Å². The van der Waals surface area contributed by atoms with Crippen molar-refractivity contribution in [2.75, 3.05) is 0 Å². The maximum Gasteiger partial charge on any atom is 0.136 e. The van der Waals surface area contributed by atoms with Crippen LogP contribution in [0.3, 0.4) is 0 Å². The SMILES string of the molecule is CCCCC(CC1CC1C)C(=O)CC(C)(C)C. The molecule has 1 aliphatic rings. The number of unbranched alkanes of at least 4 members (excludes halogenated alkanes) is 1. The molecule has 0 aromatic rings. The van der Waals surface area contributed by atoms with E-state index in [0.29, 0.717) is 11.7 Å². The van der Waals surface area contributed by atoms with Crippen molar-refractivity contribution in [3.05, 3.63) is 0 Å². The average molecular weight is 238 g/mol. The zero-order valence-electron chi connectivity index (χ0n) is 12.4. The highest BCUT2D eigenvalue weighted by Crippen LogP contribution is 2.44. The molecule has 0 heterocycles. The maximum atomic E-state index is 12.3. The number of rotatable bonds is 7. The lowest BCUT2D eigenvalue weighted by Gasteiger charge is -2.22. The summed E-state index contributed by atoms with van der Waals surface area (Å²) in [5.74, 6) is 2.59. The summed E-state index contributed by atoms with van der Waals surface area (Å²) in [6, 6.07) is 0. The third kappa shape index (κ3) is 5.70. The van der Waals surface area contributed by atoms with E-state index in [9.17, 15) is 4.79 Å². The van der Waals surface area contributed by atoms with Crippen LogP contribution >= 0.6 is 0 Å². The molecule has 0 radical (unpaired) electrons. The molecule has 1 saturated carbocycles. The van der Waals surface area contributed by atoms with Crippen molar-refractivity contribution in [3.8, 4) is 0 Å². The zero-order valence-corrected chi connectivity index (χ0v) is 12.4. The minimum absolute atomic E-state index is 0.150. The molecule has 0 saturated heterocycles. The van der Waals surface area contributed by atoms with Crippen molar-refractivity contribution in [2.24, 2.45) is 23.2 Å². The minimum atomic E-state index is 0.150. The van der Waals surface area contributed by atoms with Crippen molar-refractivity contribution in [1.29, 1.82) is 0 Å². The Bertz CT molecular complexity index is 249. The molecule has 1 fully saturated rings. The van der Waals surface area contributed by atoms with Gasteiger partial charge in [0.15, 0.2) is 0 Å². The van der Waals surface area contributed by atoms with Gasteiger partial charge in [0.25, 0.3) is 0 Å². The normalized spacial score (nSPS) is 25.7. The number of carbonyl (C=O) groups excluding carboxylic acids is 1. The first-order valence-electron chi connectivity index (χ1n) is 7.36.